The molecule has 1 amide bonds. The van der Waals surface area contributed by atoms with Gasteiger partial charge in [-0.1, -0.05) is 33.8 Å². The summed E-state index contributed by atoms with van der Waals surface area (Å²) in [5.41, 5.74) is 6.41. The number of ether oxygens (including phenoxy) is 1. The number of nitrogens with one attached hydrogen (secondary N) is 1. The first-order valence-corrected chi connectivity index (χ1v) is 7.06. The Labute approximate surface area is 121 Å². The fraction of sp³-hybridized carbons (Fsp3) is 0.562. The summed E-state index contributed by atoms with van der Waals surface area (Å²) < 4.78 is 5.50. The maximum Gasteiger partial charge on any atom is 0.223 e. The Bertz CT molecular complexity index is 442. The van der Waals surface area contributed by atoms with E-state index in [0.29, 0.717) is 36.9 Å². The van der Waals surface area contributed by atoms with E-state index in [0.717, 1.165) is 0 Å². The highest BCUT2D eigenvalue weighted by Gasteiger charge is 2.22. The van der Waals surface area contributed by atoms with Gasteiger partial charge in [0.25, 0.3) is 0 Å². The van der Waals surface area contributed by atoms with Crippen LogP contribution >= 0.6 is 0 Å². The number of benzene rings is 1. The van der Waals surface area contributed by atoms with Crippen molar-refractivity contribution in [3.05, 3.63) is 24.3 Å². The van der Waals surface area contributed by atoms with E-state index in [9.17, 15) is 4.79 Å². The molecule has 3 N–H and O–H groups in total. The predicted octanol–water partition coefficient (Wildman–Crippen LogP) is 2.84. The van der Waals surface area contributed by atoms with Gasteiger partial charge in [-0.25, -0.2) is 0 Å². The van der Waals surface area contributed by atoms with Crippen LogP contribution in [0.15, 0.2) is 24.3 Å². The lowest BCUT2D eigenvalue weighted by molar-refractivity contribution is -0.122. The first-order valence-electron chi connectivity index (χ1n) is 7.06. The van der Waals surface area contributed by atoms with Crippen molar-refractivity contribution < 1.29 is 9.53 Å². The Morgan fingerprint density at radius 1 is 1.40 bits per heavy atom. The van der Waals surface area contributed by atoms with Gasteiger partial charge in [0, 0.05) is 18.3 Å². The molecule has 0 spiro atoms. The van der Waals surface area contributed by atoms with Crippen LogP contribution < -0.4 is 15.8 Å². The van der Waals surface area contributed by atoms with E-state index in [1.165, 1.54) is 0 Å². The molecule has 4 heteroatoms. The van der Waals surface area contributed by atoms with Crippen LogP contribution in [-0.4, -0.2) is 19.1 Å². The summed E-state index contributed by atoms with van der Waals surface area (Å²) in [6, 6.07) is 7.21. The third-order valence-corrected chi connectivity index (χ3v) is 3.76. The minimum atomic E-state index is 0.0163. The van der Waals surface area contributed by atoms with Crippen LogP contribution in [0.1, 0.15) is 34.1 Å². The monoisotopic (exact) mass is 278 g/mol. The lowest BCUT2D eigenvalue weighted by Gasteiger charge is -2.29. The zero-order valence-electron chi connectivity index (χ0n) is 12.9. The summed E-state index contributed by atoms with van der Waals surface area (Å²) in [5.74, 6) is 1.23. The van der Waals surface area contributed by atoms with Crippen LogP contribution in [0.4, 0.5) is 5.69 Å². The van der Waals surface area contributed by atoms with E-state index >= 15 is 0 Å². The SMILES string of the molecule is CC(C)C(C)(C)CNC(=O)CCOc1cccc(N)c1. The molecule has 20 heavy (non-hydrogen) atoms. The molecule has 0 atom stereocenters. The lowest BCUT2D eigenvalue weighted by Crippen LogP contribution is -2.37. The number of hydrogen-bond donors (Lipinski definition) is 2. The van der Waals surface area contributed by atoms with Gasteiger partial charge in [0.1, 0.15) is 5.75 Å². The van der Waals surface area contributed by atoms with E-state index < -0.39 is 0 Å². The molecule has 1 aromatic carbocycles. The van der Waals surface area contributed by atoms with Crippen LogP contribution in [-0.2, 0) is 4.79 Å². The number of anilines is 1. The standard InChI is InChI=1S/C16H26N2O2/c1-12(2)16(3,4)11-18-15(19)8-9-20-14-7-5-6-13(17)10-14/h5-7,10,12H,8-9,11,17H2,1-4H3,(H,18,19). The highest BCUT2D eigenvalue weighted by atomic mass is 16.5. The van der Waals surface area contributed by atoms with Crippen LogP contribution in [0.5, 0.6) is 5.75 Å². The molecule has 0 fully saturated rings. The molecule has 4 nitrogen and oxygen atoms in total. The molecule has 0 aliphatic heterocycles. The molecular weight excluding hydrogens is 252 g/mol. The highest BCUT2D eigenvalue weighted by molar-refractivity contribution is 5.76. The number of carbonyl (C=O) groups is 1. The molecule has 1 aromatic rings. The van der Waals surface area contributed by atoms with Crippen LogP contribution in [0.2, 0.25) is 0 Å². The van der Waals surface area contributed by atoms with Gasteiger partial charge in [0.05, 0.1) is 13.0 Å². The van der Waals surface area contributed by atoms with Gasteiger partial charge < -0.3 is 15.8 Å². The van der Waals surface area contributed by atoms with Crippen LogP contribution in [0.3, 0.4) is 0 Å². The van der Waals surface area contributed by atoms with Crippen molar-refractivity contribution in [1.82, 2.24) is 5.32 Å². The molecule has 0 saturated heterocycles. The normalized spacial score (nSPS) is 11.4. The van der Waals surface area contributed by atoms with Gasteiger partial charge in [-0.05, 0) is 23.5 Å². The molecule has 0 radical (unpaired) electrons. The van der Waals surface area contributed by atoms with Crippen molar-refractivity contribution in [3.63, 3.8) is 0 Å². The van der Waals surface area contributed by atoms with Gasteiger partial charge in [0.15, 0.2) is 0 Å². The summed E-state index contributed by atoms with van der Waals surface area (Å²) >= 11 is 0. The van der Waals surface area contributed by atoms with Crippen molar-refractivity contribution in [1.29, 1.82) is 0 Å². The number of nitrogen functional groups attached to an aromatic ring is 1. The van der Waals surface area contributed by atoms with Crippen molar-refractivity contribution >= 4 is 11.6 Å². The van der Waals surface area contributed by atoms with E-state index in [1.54, 1.807) is 12.1 Å². The molecule has 0 aliphatic carbocycles. The average molecular weight is 278 g/mol. The zero-order valence-corrected chi connectivity index (χ0v) is 12.9. The number of nitrogens with two attached hydrogens (primary N) is 1. The minimum absolute atomic E-state index is 0.0163. The van der Waals surface area contributed by atoms with Gasteiger partial charge >= 0.3 is 0 Å². The highest BCUT2D eigenvalue weighted by Crippen LogP contribution is 2.24. The Balaban J connectivity index is 2.27. The number of rotatable bonds is 7. The molecule has 0 aromatic heterocycles. The molecular formula is C16H26N2O2. The van der Waals surface area contributed by atoms with E-state index in [-0.39, 0.29) is 11.3 Å². The summed E-state index contributed by atoms with van der Waals surface area (Å²) in [5, 5.41) is 2.96. The maximum absolute atomic E-state index is 11.8. The molecule has 0 bridgehead atoms. The fourth-order valence-corrected chi connectivity index (χ4v) is 1.48. The quantitative estimate of drug-likeness (QED) is 0.754. The molecule has 0 saturated carbocycles. The fourth-order valence-electron chi connectivity index (χ4n) is 1.48. The Morgan fingerprint density at radius 2 is 2.10 bits per heavy atom. The van der Waals surface area contributed by atoms with E-state index in [4.69, 9.17) is 10.5 Å². The van der Waals surface area contributed by atoms with Gasteiger partial charge in [-0.2, -0.15) is 0 Å². The Kier molecular flexibility index (Phi) is 5.86. The molecule has 0 unspecified atom stereocenters. The summed E-state index contributed by atoms with van der Waals surface area (Å²) in [4.78, 5) is 11.8. The first kappa shape index (κ1) is 16.3. The molecule has 0 aliphatic rings. The Hall–Kier alpha value is -1.71. The second-order valence-electron chi connectivity index (χ2n) is 6.09. The minimum Gasteiger partial charge on any atom is -0.493 e. The smallest absolute Gasteiger partial charge is 0.223 e. The summed E-state index contributed by atoms with van der Waals surface area (Å²) in [6.45, 7) is 9.67. The third kappa shape index (κ3) is 5.51. The largest absolute Gasteiger partial charge is 0.493 e. The van der Waals surface area contributed by atoms with E-state index in [2.05, 4.69) is 33.0 Å². The second kappa shape index (κ2) is 7.17. The van der Waals surface area contributed by atoms with E-state index in [1.807, 2.05) is 12.1 Å². The van der Waals surface area contributed by atoms with Crippen molar-refractivity contribution in [2.45, 2.75) is 34.1 Å². The second-order valence-corrected chi connectivity index (χ2v) is 6.09. The lowest BCUT2D eigenvalue weighted by atomic mass is 9.81. The first-order chi connectivity index (χ1) is 9.31. The van der Waals surface area contributed by atoms with Crippen molar-refractivity contribution in [2.24, 2.45) is 11.3 Å². The summed E-state index contributed by atoms with van der Waals surface area (Å²) in [6.07, 6.45) is 0.350. The predicted molar refractivity (Wildman–Crippen MR) is 82.6 cm³/mol. The average Bonchev–Trinajstić information content (AvgIpc) is 2.36. The summed E-state index contributed by atoms with van der Waals surface area (Å²) in [7, 11) is 0. The van der Waals surface area contributed by atoms with Gasteiger partial charge in [-0.15, -0.1) is 0 Å². The Morgan fingerprint density at radius 3 is 2.70 bits per heavy atom. The third-order valence-electron chi connectivity index (χ3n) is 3.76. The van der Waals surface area contributed by atoms with Crippen molar-refractivity contribution in [3.8, 4) is 5.75 Å². The van der Waals surface area contributed by atoms with Crippen LogP contribution in [0.25, 0.3) is 0 Å². The zero-order chi connectivity index (χ0) is 15.2. The number of carbonyl (C=O) groups excluding carboxylic acids is 1. The molecule has 0 heterocycles. The van der Waals surface area contributed by atoms with Gasteiger partial charge in [-0.3, -0.25) is 4.79 Å². The van der Waals surface area contributed by atoms with Crippen molar-refractivity contribution in [2.75, 3.05) is 18.9 Å². The van der Waals surface area contributed by atoms with Crippen LogP contribution in [0, 0.1) is 11.3 Å². The maximum atomic E-state index is 11.8. The number of hydrogen-bond acceptors (Lipinski definition) is 3. The molecule has 1 rings (SSSR count). The number of amides is 1. The van der Waals surface area contributed by atoms with Gasteiger partial charge in [0.2, 0.25) is 5.91 Å². The topological polar surface area (TPSA) is 64.3 Å². The molecule has 112 valence electrons.